The summed E-state index contributed by atoms with van der Waals surface area (Å²) >= 11 is 11.8. The number of aromatic nitrogens is 3. The lowest BCUT2D eigenvalue weighted by Gasteiger charge is -2.16. The molecule has 0 aliphatic heterocycles. The van der Waals surface area contributed by atoms with Gasteiger partial charge in [-0.15, -0.1) is 5.10 Å². The summed E-state index contributed by atoms with van der Waals surface area (Å²) in [6, 6.07) is 4.80. The summed E-state index contributed by atoms with van der Waals surface area (Å²) in [6.07, 6.45) is -0.584. The van der Waals surface area contributed by atoms with Crippen LogP contribution in [0.1, 0.15) is 29.2 Å². The number of halogens is 2. The number of rotatable bonds is 4. The SMILES string of the molecule is CC(Oc1ccc(Cl)cc1Cl)c1c(C(=O)O)nnn1C. The molecule has 2 rings (SSSR count). The highest BCUT2D eigenvalue weighted by atomic mass is 35.5. The normalized spacial score (nSPS) is 12.2. The fourth-order valence-electron chi connectivity index (χ4n) is 1.79. The Hall–Kier alpha value is -1.79. The van der Waals surface area contributed by atoms with Crippen molar-refractivity contribution in [1.82, 2.24) is 15.0 Å². The molecule has 6 nitrogen and oxygen atoms in total. The summed E-state index contributed by atoms with van der Waals surface area (Å²) in [5.41, 5.74) is 0.202. The monoisotopic (exact) mass is 315 g/mol. The van der Waals surface area contributed by atoms with E-state index in [1.807, 2.05) is 0 Å². The summed E-state index contributed by atoms with van der Waals surface area (Å²) in [5, 5.41) is 17.2. The third-order valence-electron chi connectivity index (χ3n) is 2.66. The van der Waals surface area contributed by atoms with Crippen LogP contribution in [0.15, 0.2) is 18.2 Å². The van der Waals surface area contributed by atoms with Gasteiger partial charge in [-0.2, -0.15) is 0 Å². The lowest BCUT2D eigenvalue weighted by molar-refractivity contribution is 0.0684. The second kappa shape index (κ2) is 5.68. The number of carboxylic acid groups (broad SMARTS) is 1. The van der Waals surface area contributed by atoms with E-state index in [4.69, 9.17) is 33.0 Å². The van der Waals surface area contributed by atoms with Crippen molar-refractivity contribution < 1.29 is 14.6 Å². The molecule has 1 atom stereocenters. The zero-order valence-corrected chi connectivity index (χ0v) is 12.2. The molecule has 0 amide bonds. The van der Waals surface area contributed by atoms with E-state index in [9.17, 15) is 4.79 Å². The van der Waals surface area contributed by atoms with Gasteiger partial charge in [0.15, 0.2) is 5.69 Å². The van der Waals surface area contributed by atoms with Gasteiger partial charge >= 0.3 is 5.97 Å². The maximum atomic E-state index is 11.1. The van der Waals surface area contributed by atoms with Gasteiger partial charge in [-0.05, 0) is 25.1 Å². The quantitative estimate of drug-likeness (QED) is 0.938. The van der Waals surface area contributed by atoms with E-state index in [2.05, 4.69) is 10.3 Å². The van der Waals surface area contributed by atoms with Crippen LogP contribution in [0.2, 0.25) is 10.0 Å². The topological polar surface area (TPSA) is 77.2 Å². The third kappa shape index (κ3) is 2.86. The minimum absolute atomic E-state index is 0.148. The molecular formula is C12H11Cl2N3O3. The van der Waals surface area contributed by atoms with Gasteiger partial charge in [0.1, 0.15) is 17.5 Å². The van der Waals surface area contributed by atoms with E-state index >= 15 is 0 Å². The third-order valence-corrected chi connectivity index (χ3v) is 3.19. The number of carboxylic acids is 1. The van der Waals surface area contributed by atoms with Gasteiger partial charge in [0.25, 0.3) is 0 Å². The molecule has 1 unspecified atom stereocenters. The van der Waals surface area contributed by atoms with Crippen LogP contribution in [-0.4, -0.2) is 26.1 Å². The summed E-state index contributed by atoms with van der Waals surface area (Å²) in [5.74, 6) is -0.758. The predicted molar refractivity (Wildman–Crippen MR) is 73.5 cm³/mol. The molecule has 0 bridgehead atoms. The fraction of sp³-hybridized carbons (Fsp3) is 0.250. The lowest BCUT2D eigenvalue weighted by atomic mass is 10.2. The molecule has 0 radical (unpaired) electrons. The van der Waals surface area contributed by atoms with Crippen molar-refractivity contribution in [1.29, 1.82) is 0 Å². The van der Waals surface area contributed by atoms with Crippen LogP contribution in [0.4, 0.5) is 0 Å². The number of hydrogen-bond acceptors (Lipinski definition) is 4. The number of aromatic carboxylic acids is 1. The molecule has 0 saturated carbocycles. The summed E-state index contributed by atoms with van der Waals surface area (Å²) in [7, 11) is 1.60. The van der Waals surface area contributed by atoms with E-state index in [1.54, 1.807) is 32.2 Å². The second-order valence-electron chi connectivity index (χ2n) is 4.09. The van der Waals surface area contributed by atoms with Crippen LogP contribution in [-0.2, 0) is 7.05 Å². The van der Waals surface area contributed by atoms with Crippen molar-refractivity contribution in [3.8, 4) is 5.75 Å². The molecule has 0 saturated heterocycles. The number of nitrogens with zero attached hydrogens (tertiary/aromatic N) is 3. The molecule has 0 aliphatic rings. The highest BCUT2D eigenvalue weighted by Gasteiger charge is 2.24. The second-order valence-corrected chi connectivity index (χ2v) is 4.93. The molecule has 20 heavy (non-hydrogen) atoms. The largest absolute Gasteiger partial charge is 0.483 e. The smallest absolute Gasteiger partial charge is 0.358 e. The first-order chi connectivity index (χ1) is 9.40. The minimum atomic E-state index is -1.16. The number of aryl methyl sites for hydroxylation is 1. The number of carbonyl (C=O) groups is 1. The average molecular weight is 316 g/mol. The molecule has 1 heterocycles. The maximum Gasteiger partial charge on any atom is 0.358 e. The first-order valence-electron chi connectivity index (χ1n) is 5.64. The minimum Gasteiger partial charge on any atom is -0.483 e. The van der Waals surface area contributed by atoms with Crippen LogP contribution < -0.4 is 4.74 Å². The number of ether oxygens (including phenoxy) is 1. The zero-order chi connectivity index (χ0) is 14.9. The molecule has 0 spiro atoms. The van der Waals surface area contributed by atoms with Crippen molar-refractivity contribution >= 4 is 29.2 Å². The predicted octanol–water partition coefficient (Wildman–Crippen LogP) is 2.96. The van der Waals surface area contributed by atoms with Crippen molar-refractivity contribution in [3.05, 3.63) is 39.6 Å². The van der Waals surface area contributed by atoms with Gasteiger partial charge in [-0.1, -0.05) is 28.4 Å². The molecule has 0 aliphatic carbocycles. The van der Waals surface area contributed by atoms with Crippen LogP contribution in [0.5, 0.6) is 5.75 Å². The Balaban J connectivity index is 2.30. The Kier molecular flexibility index (Phi) is 4.15. The average Bonchev–Trinajstić information content (AvgIpc) is 2.75. The van der Waals surface area contributed by atoms with Crippen LogP contribution in [0, 0.1) is 0 Å². The van der Waals surface area contributed by atoms with E-state index in [-0.39, 0.29) is 5.69 Å². The summed E-state index contributed by atoms with van der Waals surface area (Å²) in [6.45, 7) is 1.69. The van der Waals surface area contributed by atoms with Crippen molar-refractivity contribution in [2.45, 2.75) is 13.0 Å². The first-order valence-corrected chi connectivity index (χ1v) is 6.40. The van der Waals surface area contributed by atoms with E-state index in [1.165, 1.54) is 4.68 Å². The van der Waals surface area contributed by atoms with Crippen LogP contribution in [0.3, 0.4) is 0 Å². The Morgan fingerprint density at radius 1 is 1.45 bits per heavy atom. The van der Waals surface area contributed by atoms with E-state index in [0.717, 1.165) is 0 Å². The lowest BCUT2D eigenvalue weighted by Crippen LogP contribution is -2.13. The summed E-state index contributed by atoms with van der Waals surface area (Å²) < 4.78 is 7.02. The molecule has 0 fully saturated rings. The van der Waals surface area contributed by atoms with Crippen molar-refractivity contribution in [2.75, 3.05) is 0 Å². The Morgan fingerprint density at radius 3 is 2.75 bits per heavy atom. The molecular weight excluding hydrogens is 305 g/mol. The number of hydrogen-bond donors (Lipinski definition) is 1. The van der Waals surface area contributed by atoms with Gasteiger partial charge in [-0.3, -0.25) is 0 Å². The number of benzene rings is 1. The van der Waals surface area contributed by atoms with Gasteiger partial charge in [0, 0.05) is 12.1 Å². The zero-order valence-electron chi connectivity index (χ0n) is 10.7. The molecule has 1 aromatic heterocycles. The highest BCUT2D eigenvalue weighted by Crippen LogP contribution is 2.31. The van der Waals surface area contributed by atoms with Crippen LogP contribution in [0.25, 0.3) is 0 Å². The van der Waals surface area contributed by atoms with Gasteiger partial charge in [0.2, 0.25) is 0 Å². The molecule has 8 heteroatoms. The van der Waals surface area contributed by atoms with Crippen LogP contribution >= 0.6 is 23.2 Å². The molecule has 2 aromatic rings. The Morgan fingerprint density at radius 2 is 2.15 bits per heavy atom. The molecule has 1 N–H and O–H groups in total. The highest BCUT2D eigenvalue weighted by molar-refractivity contribution is 6.35. The Bertz CT molecular complexity index is 657. The fourth-order valence-corrected chi connectivity index (χ4v) is 2.24. The van der Waals surface area contributed by atoms with Crippen molar-refractivity contribution in [2.24, 2.45) is 7.05 Å². The Labute approximate surface area is 124 Å². The standard InChI is InChI=1S/C12H11Cl2N3O3/c1-6(11-10(12(18)19)15-16-17(11)2)20-9-4-3-7(13)5-8(9)14/h3-6H,1-2H3,(H,18,19). The first kappa shape index (κ1) is 14.6. The maximum absolute atomic E-state index is 11.1. The molecule has 106 valence electrons. The van der Waals surface area contributed by atoms with E-state index < -0.39 is 12.1 Å². The van der Waals surface area contributed by atoms with E-state index in [0.29, 0.717) is 21.5 Å². The van der Waals surface area contributed by atoms with Gasteiger partial charge in [-0.25, -0.2) is 9.48 Å². The van der Waals surface area contributed by atoms with Gasteiger partial charge < -0.3 is 9.84 Å². The van der Waals surface area contributed by atoms with Gasteiger partial charge in [0.05, 0.1) is 5.02 Å². The van der Waals surface area contributed by atoms with Crippen molar-refractivity contribution in [3.63, 3.8) is 0 Å². The summed E-state index contributed by atoms with van der Waals surface area (Å²) in [4.78, 5) is 11.1. The molecule has 1 aromatic carbocycles.